The van der Waals surface area contributed by atoms with Crippen molar-refractivity contribution >= 4 is 11.2 Å². The first-order valence-electron chi connectivity index (χ1n) is 3.98. The number of hydrogen-bond donors (Lipinski definition) is 0. The van der Waals surface area contributed by atoms with Crippen LogP contribution in [0.3, 0.4) is 0 Å². The Morgan fingerprint density at radius 2 is 0.900 bits per heavy atom. The van der Waals surface area contributed by atoms with Crippen molar-refractivity contribution in [1.82, 2.24) is 0 Å². The Labute approximate surface area is 67.4 Å². The highest BCUT2D eigenvalue weighted by Crippen LogP contribution is 2.15. The zero-order valence-electron chi connectivity index (χ0n) is 7.06. The van der Waals surface area contributed by atoms with E-state index in [-0.39, 0.29) is 0 Å². The van der Waals surface area contributed by atoms with E-state index < -0.39 is 11.2 Å². The Kier molecular flexibility index (Phi) is 7.65. The predicted octanol–water partition coefficient (Wildman–Crippen LogP) is 2.34. The zero-order chi connectivity index (χ0) is 7.82. The molecule has 1 nitrogen and oxygen atoms in total. The highest BCUT2D eigenvalue weighted by atomic mass is 32.2. The highest BCUT2D eigenvalue weighted by molar-refractivity contribution is 7.89. The first-order chi connectivity index (χ1) is 4.73. The molecule has 0 bridgehead atoms. The molecule has 0 aromatic heterocycles. The van der Waals surface area contributed by atoms with Gasteiger partial charge in [0.1, 0.15) is 0 Å². The van der Waals surface area contributed by atoms with Crippen molar-refractivity contribution < 1.29 is 4.55 Å². The van der Waals surface area contributed by atoms with Crippen molar-refractivity contribution in [3.63, 3.8) is 0 Å². The molecular weight excluding hydrogens is 144 g/mol. The minimum Gasteiger partial charge on any atom is -0.617 e. The first kappa shape index (κ1) is 10.3. The SMILES string of the molecule is C1CCCCC1.C[S+](C)[O-]. The summed E-state index contributed by atoms with van der Waals surface area (Å²) in [6.07, 6.45) is 12.3. The van der Waals surface area contributed by atoms with Crippen LogP contribution in [0, 0.1) is 0 Å². The van der Waals surface area contributed by atoms with Crippen LogP contribution in [0.1, 0.15) is 38.5 Å². The normalized spacial score (nSPS) is 18.0. The zero-order valence-corrected chi connectivity index (χ0v) is 7.88. The molecule has 0 N–H and O–H groups in total. The summed E-state index contributed by atoms with van der Waals surface area (Å²) in [5.74, 6) is 0. The number of hydrogen-bond acceptors (Lipinski definition) is 1. The van der Waals surface area contributed by atoms with Crippen LogP contribution >= 0.6 is 0 Å². The Morgan fingerprint density at radius 1 is 0.800 bits per heavy atom. The molecule has 1 saturated carbocycles. The van der Waals surface area contributed by atoms with E-state index in [0.717, 1.165) is 0 Å². The van der Waals surface area contributed by atoms with Gasteiger partial charge in [-0.25, -0.2) is 0 Å². The molecule has 0 spiro atoms. The molecule has 1 aliphatic rings. The van der Waals surface area contributed by atoms with Gasteiger partial charge in [0.2, 0.25) is 0 Å². The third-order valence-electron chi connectivity index (χ3n) is 1.50. The van der Waals surface area contributed by atoms with E-state index in [1.54, 1.807) is 12.5 Å². The Hall–Kier alpha value is 0.310. The van der Waals surface area contributed by atoms with E-state index in [9.17, 15) is 4.55 Å². The molecule has 0 amide bonds. The van der Waals surface area contributed by atoms with Crippen molar-refractivity contribution in [1.29, 1.82) is 0 Å². The quantitative estimate of drug-likeness (QED) is 0.501. The number of rotatable bonds is 0. The monoisotopic (exact) mass is 162 g/mol. The second kappa shape index (κ2) is 7.42. The van der Waals surface area contributed by atoms with Gasteiger partial charge in [0.05, 0.1) is 12.5 Å². The van der Waals surface area contributed by atoms with E-state index in [0.29, 0.717) is 0 Å². The lowest BCUT2D eigenvalue weighted by Crippen LogP contribution is -1.86. The maximum Gasteiger partial charge on any atom is 0.0946 e. The summed E-state index contributed by atoms with van der Waals surface area (Å²) >= 11 is -0.611. The van der Waals surface area contributed by atoms with E-state index in [4.69, 9.17) is 0 Å². The van der Waals surface area contributed by atoms with Gasteiger partial charge in [-0.15, -0.1) is 0 Å². The van der Waals surface area contributed by atoms with Crippen molar-refractivity contribution in [2.75, 3.05) is 12.5 Å². The van der Waals surface area contributed by atoms with Gasteiger partial charge < -0.3 is 4.55 Å². The third kappa shape index (κ3) is 11.2. The fraction of sp³-hybridized carbons (Fsp3) is 1.00. The van der Waals surface area contributed by atoms with E-state index in [1.807, 2.05) is 0 Å². The van der Waals surface area contributed by atoms with E-state index in [1.165, 1.54) is 38.5 Å². The minimum absolute atomic E-state index is 0.611. The standard InChI is InChI=1S/C6H12.C2H6OS/c1-2-4-6-5-3-1;1-4(2)3/h1-6H2;1-2H3. The molecule has 0 unspecified atom stereocenters. The second-order valence-corrected chi connectivity index (χ2v) is 4.35. The van der Waals surface area contributed by atoms with Crippen molar-refractivity contribution in [2.45, 2.75) is 38.5 Å². The predicted molar refractivity (Wildman–Crippen MR) is 47.7 cm³/mol. The molecule has 62 valence electrons. The van der Waals surface area contributed by atoms with Crippen LogP contribution < -0.4 is 0 Å². The lowest BCUT2D eigenvalue weighted by molar-refractivity contribution is 0.504. The molecular formula is C8H18OS. The lowest BCUT2D eigenvalue weighted by Gasteiger charge is -2.05. The maximum absolute atomic E-state index is 9.56. The molecule has 0 atom stereocenters. The molecule has 0 saturated heterocycles. The topological polar surface area (TPSA) is 23.1 Å². The van der Waals surface area contributed by atoms with Crippen molar-refractivity contribution in [3.05, 3.63) is 0 Å². The van der Waals surface area contributed by atoms with Crippen LogP contribution in [0.5, 0.6) is 0 Å². The summed E-state index contributed by atoms with van der Waals surface area (Å²) in [4.78, 5) is 0. The Balaban J connectivity index is 0.000000180. The Bertz CT molecular complexity index is 46.0. The minimum atomic E-state index is -0.611. The molecule has 10 heavy (non-hydrogen) atoms. The van der Waals surface area contributed by atoms with Gasteiger partial charge >= 0.3 is 0 Å². The summed E-state index contributed by atoms with van der Waals surface area (Å²) in [5, 5.41) is 0. The van der Waals surface area contributed by atoms with Gasteiger partial charge in [0, 0.05) is 0 Å². The molecule has 0 radical (unpaired) electrons. The fourth-order valence-corrected chi connectivity index (χ4v) is 1.06. The van der Waals surface area contributed by atoms with Crippen LogP contribution in [-0.4, -0.2) is 17.1 Å². The van der Waals surface area contributed by atoms with Crippen LogP contribution in [0.4, 0.5) is 0 Å². The maximum atomic E-state index is 9.56. The Morgan fingerprint density at radius 3 is 1.00 bits per heavy atom. The second-order valence-electron chi connectivity index (χ2n) is 2.86. The van der Waals surface area contributed by atoms with Gasteiger partial charge in [-0.05, 0) is 0 Å². The largest absolute Gasteiger partial charge is 0.617 e. The van der Waals surface area contributed by atoms with Crippen LogP contribution in [-0.2, 0) is 11.2 Å². The first-order valence-corrected chi connectivity index (χ1v) is 5.95. The lowest BCUT2D eigenvalue weighted by atomic mass is 10.0. The average molecular weight is 162 g/mol. The van der Waals surface area contributed by atoms with E-state index in [2.05, 4.69) is 0 Å². The summed E-state index contributed by atoms with van der Waals surface area (Å²) in [7, 11) is 0. The summed E-state index contributed by atoms with van der Waals surface area (Å²) in [5.41, 5.74) is 0. The van der Waals surface area contributed by atoms with Crippen molar-refractivity contribution in [3.8, 4) is 0 Å². The van der Waals surface area contributed by atoms with Crippen LogP contribution in [0.2, 0.25) is 0 Å². The molecule has 1 rings (SSSR count). The van der Waals surface area contributed by atoms with Crippen LogP contribution in [0.25, 0.3) is 0 Å². The molecule has 0 aliphatic heterocycles. The molecule has 2 heteroatoms. The van der Waals surface area contributed by atoms with Crippen LogP contribution in [0.15, 0.2) is 0 Å². The van der Waals surface area contributed by atoms with Gasteiger partial charge in [-0.2, -0.15) is 0 Å². The molecule has 0 aromatic rings. The van der Waals surface area contributed by atoms with E-state index >= 15 is 0 Å². The smallest absolute Gasteiger partial charge is 0.0946 e. The summed E-state index contributed by atoms with van der Waals surface area (Å²) < 4.78 is 9.56. The summed E-state index contributed by atoms with van der Waals surface area (Å²) in [6, 6.07) is 0. The third-order valence-corrected chi connectivity index (χ3v) is 1.50. The van der Waals surface area contributed by atoms with Crippen molar-refractivity contribution in [2.24, 2.45) is 0 Å². The molecule has 0 aromatic carbocycles. The molecule has 1 fully saturated rings. The summed E-state index contributed by atoms with van der Waals surface area (Å²) in [6.45, 7) is 0. The van der Waals surface area contributed by atoms with Gasteiger partial charge in [0.25, 0.3) is 0 Å². The fourth-order valence-electron chi connectivity index (χ4n) is 1.06. The highest BCUT2D eigenvalue weighted by Gasteiger charge is 1.95. The molecule has 1 aliphatic carbocycles. The molecule has 0 heterocycles. The van der Waals surface area contributed by atoms with Gasteiger partial charge in [-0.1, -0.05) is 49.7 Å². The van der Waals surface area contributed by atoms with Gasteiger partial charge in [0.15, 0.2) is 0 Å². The average Bonchev–Trinajstić information content (AvgIpc) is 1.90. The van der Waals surface area contributed by atoms with Gasteiger partial charge in [-0.3, -0.25) is 0 Å².